The van der Waals surface area contributed by atoms with E-state index < -0.39 is 35.4 Å². The lowest BCUT2D eigenvalue weighted by Gasteiger charge is -2.32. The van der Waals surface area contributed by atoms with Crippen molar-refractivity contribution in [1.82, 2.24) is 10.6 Å². The van der Waals surface area contributed by atoms with Crippen molar-refractivity contribution in [3.63, 3.8) is 0 Å². The van der Waals surface area contributed by atoms with Crippen LogP contribution in [0.4, 0.5) is 16.2 Å². The van der Waals surface area contributed by atoms with Crippen LogP contribution < -0.4 is 15.5 Å². The highest BCUT2D eigenvalue weighted by atomic mass is 16.6. The molecule has 0 radical (unpaired) electrons. The number of hydrogen-bond donors (Lipinski definition) is 2. The van der Waals surface area contributed by atoms with Gasteiger partial charge >= 0.3 is 12.0 Å². The zero-order valence-corrected chi connectivity index (χ0v) is 18.2. The molecule has 3 rings (SSSR count). The fourth-order valence-corrected chi connectivity index (χ4v) is 4.39. The van der Waals surface area contributed by atoms with E-state index in [0.717, 1.165) is 25.7 Å². The number of carbonyl (C=O) groups excluding carboxylic acids is 3. The van der Waals surface area contributed by atoms with Gasteiger partial charge in [0.2, 0.25) is 0 Å². The molecule has 1 heterocycles. The summed E-state index contributed by atoms with van der Waals surface area (Å²) >= 11 is 0. The van der Waals surface area contributed by atoms with E-state index in [2.05, 4.69) is 17.6 Å². The monoisotopic (exact) mass is 446 g/mol. The lowest BCUT2D eigenvalue weighted by Crippen LogP contribution is -2.48. The SMILES string of the molecule is CC1CCCCC1NC(=O)NC(=O)COC(=O)C1CCN(c2ccccc2[N+](=O)[O-])CC1. The molecule has 32 heavy (non-hydrogen) atoms. The van der Waals surface area contributed by atoms with Gasteiger partial charge in [-0.1, -0.05) is 31.9 Å². The number of nitrogens with zero attached hydrogens (tertiary/aromatic N) is 2. The van der Waals surface area contributed by atoms with Gasteiger partial charge in [0, 0.05) is 25.2 Å². The molecule has 0 aromatic heterocycles. The number of esters is 1. The average molecular weight is 447 g/mol. The van der Waals surface area contributed by atoms with Crippen LogP contribution in [-0.4, -0.2) is 48.6 Å². The fraction of sp³-hybridized carbons (Fsp3) is 0.591. The molecule has 1 saturated carbocycles. The largest absolute Gasteiger partial charge is 0.455 e. The number of hydrogen-bond acceptors (Lipinski definition) is 7. The van der Waals surface area contributed by atoms with Crippen molar-refractivity contribution in [3.8, 4) is 0 Å². The van der Waals surface area contributed by atoms with E-state index in [1.807, 2.05) is 4.90 Å². The molecule has 174 valence electrons. The number of nitrogens with one attached hydrogen (secondary N) is 2. The van der Waals surface area contributed by atoms with Crippen LogP contribution in [0.1, 0.15) is 45.4 Å². The molecule has 0 bridgehead atoms. The number of amides is 3. The van der Waals surface area contributed by atoms with Gasteiger partial charge in [-0.05, 0) is 37.7 Å². The maximum Gasteiger partial charge on any atom is 0.321 e. The highest BCUT2D eigenvalue weighted by molar-refractivity contribution is 5.95. The minimum Gasteiger partial charge on any atom is -0.455 e. The first-order valence-corrected chi connectivity index (χ1v) is 11.1. The first-order chi connectivity index (χ1) is 15.3. The Hall–Kier alpha value is -3.17. The molecule has 3 amide bonds. The number of ether oxygens (including phenoxy) is 1. The maximum atomic E-state index is 12.3. The highest BCUT2D eigenvalue weighted by Crippen LogP contribution is 2.31. The Balaban J connectivity index is 1.40. The number of imide groups is 1. The van der Waals surface area contributed by atoms with Crippen LogP contribution >= 0.6 is 0 Å². The summed E-state index contributed by atoms with van der Waals surface area (Å²) in [7, 11) is 0. The number of nitro benzene ring substituents is 1. The van der Waals surface area contributed by atoms with E-state index >= 15 is 0 Å². The zero-order chi connectivity index (χ0) is 23.1. The molecule has 2 atom stereocenters. The predicted octanol–water partition coefficient (Wildman–Crippen LogP) is 2.76. The highest BCUT2D eigenvalue weighted by Gasteiger charge is 2.29. The number of anilines is 1. The second kappa shape index (κ2) is 10.9. The minimum absolute atomic E-state index is 0.0334. The Morgan fingerprint density at radius 1 is 1.12 bits per heavy atom. The third-order valence-corrected chi connectivity index (χ3v) is 6.27. The van der Waals surface area contributed by atoms with Crippen molar-refractivity contribution in [1.29, 1.82) is 0 Å². The van der Waals surface area contributed by atoms with E-state index in [-0.39, 0.29) is 11.7 Å². The summed E-state index contributed by atoms with van der Waals surface area (Å²) in [5.41, 5.74) is 0.563. The Bertz CT molecular complexity index is 853. The Morgan fingerprint density at radius 2 is 1.81 bits per heavy atom. The Morgan fingerprint density at radius 3 is 2.50 bits per heavy atom. The van der Waals surface area contributed by atoms with Gasteiger partial charge in [0.05, 0.1) is 10.8 Å². The summed E-state index contributed by atoms with van der Waals surface area (Å²) in [6.45, 7) is 2.50. The van der Waals surface area contributed by atoms with E-state index in [1.165, 1.54) is 6.07 Å². The first kappa shape index (κ1) is 23.5. The van der Waals surface area contributed by atoms with Gasteiger partial charge in [0.15, 0.2) is 6.61 Å². The van der Waals surface area contributed by atoms with Crippen LogP contribution in [-0.2, 0) is 14.3 Å². The van der Waals surface area contributed by atoms with Gasteiger partial charge in [0.1, 0.15) is 5.69 Å². The number of para-hydroxylation sites is 2. The van der Waals surface area contributed by atoms with Crippen molar-refractivity contribution < 1.29 is 24.0 Å². The second-order valence-electron chi connectivity index (χ2n) is 8.50. The molecule has 1 saturated heterocycles. The fourth-order valence-electron chi connectivity index (χ4n) is 4.39. The van der Waals surface area contributed by atoms with Crippen LogP contribution in [0.15, 0.2) is 24.3 Å². The van der Waals surface area contributed by atoms with Crippen molar-refractivity contribution >= 4 is 29.3 Å². The van der Waals surface area contributed by atoms with Gasteiger partial charge in [-0.15, -0.1) is 0 Å². The lowest BCUT2D eigenvalue weighted by atomic mass is 9.86. The normalized spacial score (nSPS) is 21.5. The molecule has 1 aliphatic carbocycles. The summed E-state index contributed by atoms with van der Waals surface area (Å²) in [6, 6.07) is 5.99. The number of nitro groups is 1. The van der Waals surface area contributed by atoms with Crippen molar-refractivity contribution in [2.24, 2.45) is 11.8 Å². The van der Waals surface area contributed by atoms with Crippen LogP contribution in [0.25, 0.3) is 0 Å². The van der Waals surface area contributed by atoms with Crippen molar-refractivity contribution in [2.75, 3.05) is 24.6 Å². The number of rotatable bonds is 6. The molecule has 2 aliphatic rings. The molecule has 1 aliphatic heterocycles. The van der Waals surface area contributed by atoms with Gasteiger partial charge in [-0.2, -0.15) is 0 Å². The van der Waals surface area contributed by atoms with Crippen LogP contribution in [0.5, 0.6) is 0 Å². The molecule has 2 unspecified atom stereocenters. The van der Waals surface area contributed by atoms with Gasteiger partial charge in [0.25, 0.3) is 11.6 Å². The summed E-state index contributed by atoms with van der Waals surface area (Å²) in [6.07, 6.45) is 5.07. The molecule has 2 fully saturated rings. The number of benzene rings is 1. The summed E-state index contributed by atoms with van der Waals surface area (Å²) in [4.78, 5) is 49.0. The Labute approximate surface area is 186 Å². The summed E-state index contributed by atoms with van der Waals surface area (Å²) in [5.74, 6) is -1.19. The van der Waals surface area contributed by atoms with E-state index in [4.69, 9.17) is 4.74 Å². The van der Waals surface area contributed by atoms with Crippen molar-refractivity contribution in [2.45, 2.75) is 51.5 Å². The summed E-state index contributed by atoms with van der Waals surface area (Å²) in [5, 5.41) is 16.3. The Kier molecular flexibility index (Phi) is 8.02. The van der Waals surface area contributed by atoms with Crippen LogP contribution in [0.2, 0.25) is 0 Å². The second-order valence-corrected chi connectivity index (χ2v) is 8.50. The predicted molar refractivity (Wildman–Crippen MR) is 117 cm³/mol. The van der Waals surface area contributed by atoms with Crippen LogP contribution in [0.3, 0.4) is 0 Å². The number of urea groups is 1. The van der Waals surface area contributed by atoms with E-state index in [9.17, 15) is 24.5 Å². The third-order valence-electron chi connectivity index (χ3n) is 6.27. The zero-order valence-electron chi connectivity index (χ0n) is 18.2. The smallest absolute Gasteiger partial charge is 0.321 e. The van der Waals surface area contributed by atoms with Crippen molar-refractivity contribution in [3.05, 3.63) is 34.4 Å². The molecule has 0 spiro atoms. The van der Waals surface area contributed by atoms with E-state index in [1.54, 1.807) is 18.2 Å². The maximum absolute atomic E-state index is 12.3. The summed E-state index contributed by atoms with van der Waals surface area (Å²) < 4.78 is 5.10. The molecule has 2 N–H and O–H groups in total. The van der Waals surface area contributed by atoms with Gasteiger partial charge in [-0.25, -0.2) is 4.79 Å². The number of carbonyl (C=O) groups is 3. The molecular weight excluding hydrogens is 416 g/mol. The molecule has 1 aromatic carbocycles. The standard InChI is InChI=1S/C22H30N4O6/c1-15-6-2-3-7-17(15)23-22(29)24-20(27)14-32-21(28)16-10-12-25(13-11-16)18-8-4-5-9-19(18)26(30)31/h4-5,8-9,15-17H,2-3,6-7,10-14H2,1H3,(H2,23,24,27,29). The van der Waals surface area contributed by atoms with Gasteiger partial charge in [-0.3, -0.25) is 25.0 Å². The molecule has 10 heteroatoms. The van der Waals surface area contributed by atoms with Gasteiger partial charge < -0.3 is 15.0 Å². The number of piperidine rings is 1. The molecule has 10 nitrogen and oxygen atoms in total. The third kappa shape index (κ3) is 6.18. The topological polar surface area (TPSA) is 131 Å². The molecule has 1 aromatic rings. The van der Waals surface area contributed by atoms with Crippen LogP contribution in [0, 0.1) is 22.0 Å². The minimum atomic E-state index is -0.670. The quantitative estimate of drug-likeness (QED) is 0.390. The molecular formula is C22H30N4O6. The lowest BCUT2D eigenvalue weighted by molar-refractivity contribution is -0.384. The van der Waals surface area contributed by atoms with E-state index in [0.29, 0.717) is 37.5 Å². The average Bonchev–Trinajstić information content (AvgIpc) is 2.79. The first-order valence-electron chi connectivity index (χ1n) is 11.1.